The van der Waals surface area contributed by atoms with Crippen LogP contribution in [-0.2, 0) is 0 Å². The van der Waals surface area contributed by atoms with Crippen LogP contribution in [0.1, 0.15) is 11.4 Å². The number of rotatable bonds is 1. The Kier molecular flexibility index (Phi) is 6.02. The van der Waals surface area contributed by atoms with Gasteiger partial charge in [0, 0.05) is 26.2 Å². The summed E-state index contributed by atoms with van der Waals surface area (Å²) in [4.78, 5) is 2.39. The third-order valence-electron chi connectivity index (χ3n) is 2.52. The van der Waals surface area contributed by atoms with Crippen molar-refractivity contribution in [2.24, 2.45) is 0 Å². The molecule has 0 atom stereocenters. The molecule has 1 saturated heterocycles. The SMILES string of the molecule is Cc1n[nH]c(C)c1N1CCNCC1.Cl.Cl. The van der Waals surface area contributed by atoms with Crippen molar-refractivity contribution < 1.29 is 0 Å². The summed E-state index contributed by atoms with van der Waals surface area (Å²) in [6.07, 6.45) is 0. The number of aromatic nitrogens is 2. The van der Waals surface area contributed by atoms with Crippen LogP contribution in [-0.4, -0.2) is 36.4 Å². The highest BCUT2D eigenvalue weighted by Gasteiger charge is 2.16. The lowest BCUT2D eigenvalue weighted by molar-refractivity contribution is 0.588. The number of hydrogen-bond acceptors (Lipinski definition) is 3. The first-order valence-electron chi connectivity index (χ1n) is 4.76. The minimum Gasteiger partial charge on any atom is -0.366 e. The summed E-state index contributed by atoms with van der Waals surface area (Å²) in [7, 11) is 0. The molecular formula is C9H18Cl2N4. The van der Waals surface area contributed by atoms with Crippen molar-refractivity contribution >= 4 is 30.5 Å². The molecule has 88 valence electrons. The maximum absolute atomic E-state index is 4.20. The molecule has 1 aliphatic rings. The summed E-state index contributed by atoms with van der Waals surface area (Å²) in [6.45, 7) is 8.45. The number of aryl methyl sites for hydroxylation is 2. The lowest BCUT2D eigenvalue weighted by atomic mass is 10.2. The Labute approximate surface area is 103 Å². The van der Waals surface area contributed by atoms with Gasteiger partial charge in [-0.1, -0.05) is 0 Å². The Morgan fingerprint density at radius 3 is 2.20 bits per heavy atom. The summed E-state index contributed by atoms with van der Waals surface area (Å²) in [6, 6.07) is 0. The Hall–Kier alpha value is -0.450. The highest BCUT2D eigenvalue weighted by atomic mass is 35.5. The van der Waals surface area contributed by atoms with Crippen molar-refractivity contribution in [1.29, 1.82) is 0 Å². The lowest BCUT2D eigenvalue weighted by Crippen LogP contribution is -2.43. The maximum atomic E-state index is 4.20. The minimum atomic E-state index is 0. The normalized spacial score (nSPS) is 15.5. The molecule has 2 heterocycles. The van der Waals surface area contributed by atoms with E-state index in [1.165, 1.54) is 11.4 Å². The zero-order valence-corrected chi connectivity index (χ0v) is 10.7. The largest absolute Gasteiger partial charge is 0.366 e. The van der Waals surface area contributed by atoms with Crippen LogP contribution in [0, 0.1) is 13.8 Å². The zero-order valence-electron chi connectivity index (χ0n) is 9.04. The molecule has 4 nitrogen and oxygen atoms in total. The first kappa shape index (κ1) is 14.6. The molecule has 0 saturated carbocycles. The zero-order chi connectivity index (χ0) is 9.26. The van der Waals surface area contributed by atoms with E-state index in [2.05, 4.69) is 34.3 Å². The van der Waals surface area contributed by atoms with Crippen molar-refractivity contribution in [1.82, 2.24) is 15.5 Å². The van der Waals surface area contributed by atoms with Crippen molar-refractivity contribution in [3.8, 4) is 0 Å². The van der Waals surface area contributed by atoms with Crippen LogP contribution < -0.4 is 10.2 Å². The van der Waals surface area contributed by atoms with E-state index in [1.54, 1.807) is 0 Å². The molecule has 0 spiro atoms. The van der Waals surface area contributed by atoms with E-state index < -0.39 is 0 Å². The second-order valence-electron chi connectivity index (χ2n) is 3.52. The maximum Gasteiger partial charge on any atom is 0.0827 e. The smallest absolute Gasteiger partial charge is 0.0827 e. The fraction of sp³-hybridized carbons (Fsp3) is 0.667. The minimum absolute atomic E-state index is 0. The van der Waals surface area contributed by atoms with Crippen molar-refractivity contribution in [3.63, 3.8) is 0 Å². The van der Waals surface area contributed by atoms with E-state index in [0.717, 1.165) is 31.9 Å². The highest BCUT2D eigenvalue weighted by molar-refractivity contribution is 5.85. The van der Waals surface area contributed by atoms with Gasteiger partial charge in [-0.25, -0.2) is 0 Å². The summed E-state index contributed by atoms with van der Waals surface area (Å²) in [5, 5.41) is 10.6. The molecule has 2 rings (SSSR count). The summed E-state index contributed by atoms with van der Waals surface area (Å²) < 4.78 is 0. The quantitative estimate of drug-likeness (QED) is 0.792. The van der Waals surface area contributed by atoms with Gasteiger partial charge in [-0.15, -0.1) is 24.8 Å². The van der Waals surface area contributed by atoms with Gasteiger partial charge >= 0.3 is 0 Å². The van der Waals surface area contributed by atoms with Gasteiger partial charge in [0.25, 0.3) is 0 Å². The second-order valence-corrected chi connectivity index (χ2v) is 3.52. The Balaban J connectivity index is 0.000000980. The predicted octanol–water partition coefficient (Wildman–Crippen LogP) is 1.28. The number of nitrogens with one attached hydrogen (secondary N) is 2. The standard InChI is InChI=1S/C9H16N4.2ClH/c1-7-9(8(2)12-11-7)13-5-3-10-4-6-13;;/h10H,3-6H2,1-2H3,(H,11,12);2*1H. The molecule has 1 fully saturated rings. The van der Waals surface area contributed by atoms with Crippen molar-refractivity contribution in [2.75, 3.05) is 31.1 Å². The van der Waals surface area contributed by atoms with Gasteiger partial charge in [0.15, 0.2) is 0 Å². The van der Waals surface area contributed by atoms with E-state index >= 15 is 0 Å². The Morgan fingerprint density at radius 2 is 1.73 bits per heavy atom. The number of aromatic amines is 1. The first-order chi connectivity index (χ1) is 6.29. The average molecular weight is 253 g/mol. The van der Waals surface area contributed by atoms with Gasteiger partial charge in [-0.3, -0.25) is 5.10 Å². The Morgan fingerprint density at radius 1 is 1.13 bits per heavy atom. The van der Waals surface area contributed by atoms with Gasteiger partial charge in [0.05, 0.1) is 17.1 Å². The van der Waals surface area contributed by atoms with Crippen LogP contribution in [0.3, 0.4) is 0 Å². The Bertz CT molecular complexity index is 275. The first-order valence-corrected chi connectivity index (χ1v) is 4.76. The van der Waals surface area contributed by atoms with E-state index in [9.17, 15) is 0 Å². The molecule has 6 heteroatoms. The van der Waals surface area contributed by atoms with Gasteiger partial charge in [-0.2, -0.15) is 5.10 Å². The van der Waals surface area contributed by atoms with E-state index in [4.69, 9.17) is 0 Å². The average Bonchev–Trinajstić information content (AvgIpc) is 2.48. The summed E-state index contributed by atoms with van der Waals surface area (Å²) in [5.74, 6) is 0. The molecule has 0 radical (unpaired) electrons. The molecule has 15 heavy (non-hydrogen) atoms. The number of H-pyrrole nitrogens is 1. The number of halogens is 2. The summed E-state index contributed by atoms with van der Waals surface area (Å²) >= 11 is 0. The third kappa shape index (κ3) is 3.00. The third-order valence-corrected chi connectivity index (χ3v) is 2.52. The molecule has 2 N–H and O–H groups in total. The van der Waals surface area contributed by atoms with Crippen molar-refractivity contribution in [2.45, 2.75) is 13.8 Å². The molecule has 0 amide bonds. The van der Waals surface area contributed by atoms with Crippen molar-refractivity contribution in [3.05, 3.63) is 11.4 Å². The van der Waals surface area contributed by atoms with Crippen LogP contribution in [0.15, 0.2) is 0 Å². The fourth-order valence-corrected chi connectivity index (χ4v) is 1.90. The van der Waals surface area contributed by atoms with Crippen LogP contribution in [0.25, 0.3) is 0 Å². The van der Waals surface area contributed by atoms with Gasteiger partial charge in [0.1, 0.15) is 0 Å². The van der Waals surface area contributed by atoms with Crippen LogP contribution in [0.5, 0.6) is 0 Å². The van der Waals surface area contributed by atoms with Gasteiger partial charge < -0.3 is 10.2 Å². The molecule has 0 unspecified atom stereocenters. The van der Waals surface area contributed by atoms with E-state index in [0.29, 0.717) is 0 Å². The van der Waals surface area contributed by atoms with Gasteiger partial charge in [-0.05, 0) is 13.8 Å². The number of anilines is 1. The number of nitrogens with zero attached hydrogens (tertiary/aromatic N) is 2. The van der Waals surface area contributed by atoms with E-state index in [1.807, 2.05) is 0 Å². The van der Waals surface area contributed by atoms with E-state index in [-0.39, 0.29) is 24.8 Å². The monoisotopic (exact) mass is 252 g/mol. The molecule has 0 aromatic carbocycles. The lowest BCUT2D eigenvalue weighted by Gasteiger charge is -2.29. The predicted molar refractivity (Wildman–Crippen MR) is 67.6 cm³/mol. The number of hydrogen-bond donors (Lipinski definition) is 2. The topological polar surface area (TPSA) is 44.0 Å². The molecule has 0 bridgehead atoms. The second kappa shape index (κ2) is 6.20. The number of piperazine rings is 1. The molecular weight excluding hydrogens is 235 g/mol. The van der Waals surface area contributed by atoms with Crippen LogP contribution in [0.4, 0.5) is 5.69 Å². The van der Waals surface area contributed by atoms with Crippen LogP contribution >= 0.6 is 24.8 Å². The molecule has 1 aromatic heterocycles. The van der Waals surface area contributed by atoms with Crippen LogP contribution in [0.2, 0.25) is 0 Å². The molecule has 1 aromatic rings. The highest BCUT2D eigenvalue weighted by Crippen LogP contribution is 2.21. The molecule has 1 aliphatic heterocycles. The van der Waals surface area contributed by atoms with Gasteiger partial charge in [0.2, 0.25) is 0 Å². The summed E-state index contributed by atoms with van der Waals surface area (Å²) in [5.41, 5.74) is 3.58. The molecule has 0 aliphatic carbocycles. The fourth-order valence-electron chi connectivity index (χ4n) is 1.90.